The first-order valence-corrected chi connectivity index (χ1v) is 9.48. The zero-order chi connectivity index (χ0) is 20.1. The highest BCUT2D eigenvalue weighted by Crippen LogP contribution is 2.30. The normalized spacial score (nSPS) is 11.0. The molecule has 0 aliphatic rings. The maximum atomic E-state index is 12.0. The van der Waals surface area contributed by atoms with Crippen molar-refractivity contribution in [3.8, 4) is 11.5 Å². The molecule has 0 radical (unpaired) electrons. The molecule has 3 rings (SSSR count). The van der Waals surface area contributed by atoms with Crippen molar-refractivity contribution in [1.29, 1.82) is 0 Å². The Morgan fingerprint density at radius 3 is 2.75 bits per heavy atom. The summed E-state index contributed by atoms with van der Waals surface area (Å²) < 4.78 is 16.4. The van der Waals surface area contributed by atoms with E-state index in [0.717, 1.165) is 28.3 Å². The Bertz CT molecular complexity index is 987. The summed E-state index contributed by atoms with van der Waals surface area (Å²) in [5, 5.41) is 9.11. The first-order chi connectivity index (χ1) is 13.5. The average Bonchev–Trinajstić information content (AvgIpc) is 3.23. The minimum atomic E-state index is -0.243. The minimum Gasteiger partial charge on any atom is -0.493 e. The summed E-state index contributed by atoms with van der Waals surface area (Å²) in [5.41, 5.74) is 3.41. The Hall–Kier alpha value is -3.13. The van der Waals surface area contributed by atoms with Crippen LogP contribution in [-0.4, -0.2) is 23.2 Å². The topological polar surface area (TPSA) is 86.5 Å². The van der Waals surface area contributed by atoms with E-state index in [0.29, 0.717) is 23.2 Å². The van der Waals surface area contributed by atoms with E-state index in [4.69, 9.17) is 14.0 Å². The molecule has 7 nitrogen and oxygen atoms in total. The molecule has 0 saturated carbocycles. The zero-order valence-corrected chi connectivity index (χ0v) is 16.9. The number of hydrogen-bond donors (Lipinski definition) is 1. The molecule has 1 amide bonds. The highest BCUT2D eigenvalue weighted by molar-refractivity contribution is 7.13. The molecule has 0 aliphatic carbocycles. The molecule has 2 aromatic heterocycles. The SMILES string of the molecule is COc1cc(/C=C/C(=O)Nc2nc(C)cs2)ccc1OCc1c(C)noc1C. The Labute approximate surface area is 167 Å². The van der Waals surface area contributed by atoms with Gasteiger partial charge in [-0.2, -0.15) is 0 Å². The van der Waals surface area contributed by atoms with Gasteiger partial charge in [-0.3, -0.25) is 10.1 Å². The molecule has 0 atom stereocenters. The lowest BCUT2D eigenvalue weighted by molar-refractivity contribution is -0.111. The fourth-order valence-corrected chi connectivity index (χ4v) is 3.19. The minimum absolute atomic E-state index is 0.243. The third-order valence-electron chi connectivity index (χ3n) is 4.02. The van der Waals surface area contributed by atoms with Crippen LogP contribution in [0.2, 0.25) is 0 Å². The number of nitrogens with one attached hydrogen (secondary N) is 1. The molecule has 28 heavy (non-hydrogen) atoms. The van der Waals surface area contributed by atoms with Crippen molar-refractivity contribution in [3.05, 3.63) is 57.9 Å². The third kappa shape index (κ3) is 4.77. The second kappa shape index (κ2) is 8.71. The second-order valence-electron chi connectivity index (χ2n) is 6.12. The van der Waals surface area contributed by atoms with E-state index >= 15 is 0 Å². The number of carbonyl (C=O) groups is 1. The monoisotopic (exact) mass is 399 g/mol. The summed E-state index contributed by atoms with van der Waals surface area (Å²) in [6, 6.07) is 5.46. The molecule has 1 N–H and O–H groups in total. The molecule has 0 unspecified atom stereocenters. The maximum absolute atomic E-state index is 12.0. The third-order valence-corrected chi connectivity index (χ3v) is 4.89. The van der Waals surface area contributed by atoms with Gasteiger partial charge in [-0.1, -0.05) is 11.2 Å². The molecule has 2 heterocycles. The van der Waals surface area contributed by atoms with Gasteiger partial charge in [0.2, 0.25) is 5.91 Å². The zero-order valence-electron chi connectivity index (χ0n) is 16.1. The van der Waals surface area contributed by atoms with Gasteiger partial charge in [0, 0.05) is 11.5 Å². The Morgan fingerprint density at radius 1 is 1.29 bits per heavy atom. The van der Waals surface area contributed by atoms with E-state index in [2.05, 4.69) is 15.5 Å². The van der Waals surface area contributed by atoms with E-state index in [1.807, 2.05) is 32.2 Å². The fourth-order valence-electron chi connectivity index (χ4n) is 2.50. The Balaban J connectivity index is 1.66. The van der Waals surface area contributed by atoms with Gasteiger partial charge in [-0.25, -0.2) is 4.98 Å². The standard InChI is InChI=1S/C20H21N3O4S/c1-12-11-28-20(21-12)22-19(24)8-6-15-5-7-17(18(9-15)25-4)26-10-16-13(2)23-27-14(16)3/h5-9,11H,10H2,1-4H3,(H,21,22,24)/b8-6+. The number of aromatic nitrogens is 2. The van der Waals surface area contributed by atoms with Crippen LogP contribution < -0.4 is 14.8 Å². The van der Waals surface area contributed by atoms with Gasteiger partial charge < -0.3 is 14.0 Å². The molecule has 0 bridgehead atoms. The van der Waals surface area contributed by atoms with Gasteiger partial charge in [-0.05, 0) is 44.5 Å². The number of hydrogen-bond acceptors (Lipinski definition) is 7. The highest BCUT2D eigenvalue weighted by Gasteiger charge is 2.12. The summed E-state index contributed by atoms with van der Waals surface area (Å²) in [6.45, 7) is 5.94. The van der Waals surface area contributed by atoms with Crippen LogP contribution in [0.15, 0.2) is 34.2 Å². The van der Waals surface area contributed by atoms with Crippen LogP contribution in [0.1, 0.15) is 28.3 Å². The number of aryl methyl sites for hydroxylation is 3. The van der Waals surface area contributed by atoms with E-state index in [9.17, 15) is 4.79 Å². The number of nitrogens with zero attached hydrogens (tertiary/aromatic N) is 2. The number of thiazole rings is 1. The van der Waals surface area contributed by atoms with Crippen LogP contribution in [0.4, 0.5) is 5.13 Å². The smallest absolute Gasteiger partial charge is 0.250 e. The van der Waals surface area contributed by atoms with Crippen molar-refractivity contribution in [2.45, 2.75) is 27.4 Å². The van der Waals surface area contributed by atoms with Crippen molar-refractivity contribution in [1.82, 2.24) is 10.1 Å². The molecule has 0 aliphatic heterocycles. The van der Waals surface area contributed by atoms with Crippen LogP contribution in [0.5, 0.6) is 11.5 Å². The first-order valence-electron chi connectivity index (χ1n) is 8.60. The van der Waals surface area contributed by atoms with Crippen LogP contribution >= 0.6 is 11.3 Å². The van der Waals surface area contributed by atoms with E-state index in [-0.39, 0.29) is 5.91 Å². The summed E-state index contributed by atoms with van der Waals surface area (Å²) in [6.07, 6.45) is 3.16. The van der Waals surface area contributed by atoms with Gasteiger partial charge in [-0.15, -0.1) is 11.3 Å². The number of methoxy groups -OCH3 is 1. The van der Waals surface area contributed by atoms with Crippen molar-refractivity contribution in [2.24, 2.45) is 0 Å². The van der Waals surface area contributed by atoms with E-state index < -0.39 is 0 Å². The molecule has 0 saturated heterocycles. The van der Waals surface area contributed by atoms with Gasteiger partial charge in [0.05, 0.1) is 24.1 Å². The second-order valence-corrected chi connectivity index (χ2v) is 6.98. The van der Waals surface area contributed by atoms with Gasteiger partial charge in [0.15, 0.2) is 16.6 Å². The van der Waals surface area contributed by atoms with Crippen molar-refractivity contribution < 1.29 is 18.8 Å². The molecule has 0 spiro atoms. The van der Waals surface area contributed by atoms with Crippen molar-refractivity contribution in [3.63, 3.8) is 0 Å². The highest BCUT2D eigenvalue weighted by atomic mass is 32.1. The Kier molecular flexibility index (Phi) is 6.10. The largest absolute Gasteiger partial charge is 0.493 e. The van der Waals surface area contributed by atoms with Crippen molar-refractivity contribution >= 4 is 28.5 Å². The number of anilines is 1. The lowest BCUT2D eigenvalue weighted by Gasteiger charge is -2.11. The van der Waals surface area contributed by atoms with Gasteiger partial charge in [0.25, 0.3) is 0 Å². The maximum Gasteiger partial charge on any atom is 0.250 e. The fraction of sp³-hybridized carbons (Fsp3) is 0.250. The molecule has 8 heteroatoms. The van der Waals surface area contributed by atoms with Gasteiger partial charge in [0.1, 0.15) is 12.4 Å². The number of amides is 1. The van der Waals surface area contributed by atoms with Crippen LogP contribution in [0.25, 0.3) is 6.08 Å². The van der Waals surface area contributed by atoms with E-state index in [1.54, 1.807) is 25.3 Å². The van der Waals surface area contributed by atoms with Crippen molar-refractivity contribution in [2.75, 3.05) is 12.4 Å². The van der Waals surface area contributed by atoms with Crippen LogP contribution in [0, 0.1) is 20.8 Å². The predicted octanol–water partition coefficient (Wildman–Crippen LogP) is 4.30. The number of carbonyl (C=O) groups excluding carboxylic acids is 1. The lowest BCUT2D eigenvalue weighted by Crippen LogP contribution is -2.07. The molecular weight excluding hydrogens is 378 g/mol. The van der Waals surface area contributed by atoms with Gasteiger partial charge >= 0.3 is 0 Å². The quantitative estimate of drug-likeness (QED) is 0.596. The number of rotatable bonds is 7. The Morgan fingerprint density at radius 2 is 2.11 bits per heavy atom. The van der Waals surface area contributed by atoms with Crippen LogP contribution in [0.3, 0.4) is 0 Å². The molecular formula is C20H21N3O4S. The number of ether oxygens (including phenoxy) is 2. The predicted molar refractivity (Wildman–Crippen MR) is 108 cm³/mol. The average molecular weight is 399 g/mol. The first kappa shape index (κ1) is 19.6. The summed E-state index contributed by atoms with van der Waals surface area (Å²) >= 11 is 1.39. The van der Waals surface area contributed by atoms with Crippen LogP contribution in [-0.2, 0) is 11.4 Å². The summed E-state index contributed by atoms with van der Waals surface area (Å²) in [4.78, 5) is 16.2. The molecule has 146 valence electrons. The molecule has 1 aromatic carbocycles. The lowest BCUT2D eigenvalue weighted by atomic mass is 10.2. The van der Waals surface area contributed by atoms with E-state index in [1.165, 1.54) is 17.4 Å². The molecule has 0 fully saturated rings. The summed E-state index contributed by atoms with van der Waals surface area (Å²) in [7, 11) is 1.57. The number of benzene rings is 1. The summed E-state index contributed by atoms with van der Waals surface area (Å²) in [5.74, 6) is 1.66. The molecule has 3 aromatic rings.